The number of rotatable bonds is 5. The van der Waals surface area contributed by atoms with E-state index in [0.717, 1.165) is 16.7 Å². The van der Waals surface area contributed by atoms with Gasteiger partial charge in [0.05, 0.1) is 22.7 Å². The molecule has 1 fully saturated rings. The summed E-state index contributed by atoms with van der Waals surface area (Å²) in [5.74, 6) is -0.185. The van der Waals surface area contributed by atoms with E-state index < -0.39 is 16.1 Å². The lowest BCUT2D eigenvalue weighted by atomic mass is 9.84. The minimum Gasteiger partial charge on any atom is -0.475 e. The first kappa shape index (κ1) is 35.1. The highest BCUT2D eigenvalue weighted by Gasteiger charge is 2.37. The van der Waals surface area contributed by atoms with Gasteiger partial charge in [0.25, 0.3) is 15.9 Å². The molecular formula is C36H47N5O6S. The number of nitrogens with one attached hydrogen (secondary N) is 2. The van der Waals surface area contributed by atoms with Crippen LogP contribution < -0.4 is 14.8 Å². The van der Waals surface area contributed by atoms with Crippen LogP contribution in [0.2, 0.25) is 0 Å². The second-order valence-corrected chi connectivity index (χ2v) is 16.0. The average molecular weight is 678 g/mol. The summed E-state index contributed by atoms with van der Waals surface area (Å²) in [6.07, 6.45) is 2.58. The quantitative estimate of drug-likeness (QED) is 0.306. The molecule has 48 heavy (non-hydrogen) atoms. The number of ether oxygens (including phenoxy) is 2. The van der Waals surface area contributed by atoms with Gasteiger partial charge in [-0.1, -0.05) is 45.0 Å². The number of aryl methyl sites for hydroxylation is 2. The number of carbonyl (C=O) groups excluding carboxylic acids is 2. The lowest BCUT2D eigenvalue weighted by molar-refractivity contribution is 0.0302. The van der Waals surface area contributed by atoms with Crippen molar-refractivity contribution in [3.63, 3.8) is 0 Å². The maximum absolute atomic E-state index is 14.5. The number of aromatic nitrogens is 2. The normalized spacial score (nSPS) is 21.2. The second-order valence-electron chi connectivity index (χ2n) is 14.4. The largest absolute Gasteiger partial charge is 0.475 e. The fourth-order valence-corrected chi connectivity index (χ4v) is 7.67. The van der Waals surface area contributed by atoms with Gasteiger partial charge in [-0.2, -0.15) is 4.98 Å². The van der Waals surface area contributed by atoms with Crippen LogP contribution in [0.3, 0.4) is 0 Å². The fraction of sp³-hybridized carbons (Fsp3) is 0.500. The molecule has 3 aromatic rings. The summed E-state index contributed by atoms with van der Waals surface area (Å²) in [6.45, 7) is 14.1. The van der Waals surface area contributed by atoms with Crippen LogP contribution in [0.25, 0.3) is 11.3 Å². The van der Waals surface area contributed by atoms with Crippen molar-refractivity contribution in [2.24, 2.45) is 5.41 Å². The number of hydrogen-bond acceptors (Lipinski definition) is 8. The number of carbonyl (C=O) groups is 2. The lowest BCUT2D eigenvalue weighted by Crippen LogP contribution is -2.53. The molecular weight excluding hydrogens is 630 g/mol. The first-order valence-electron chi connectivity index (χ1n) is 16.6. The van der Waals surface area contributed by atoms with Crippen molar-refractivity contribution in [2.45, 2.75) is 110 Å². The summed E-state index contributed by atoms with van der Waals surface area (Å²) in [6, 6.07) is 13.1. The number of amides is 2. The van der Waals surface area contributed by atoms with Gasteiger partial charge in [0, 0.05) is 29.3 Å². The molecule has 0 radical (unpaired) electrons. The second kappa shape index (κ2) is 14.1. The molecule has 1 aliphatic carbocycles. The van der Waals surface area contributed by atoms with Crippen LogP contribution in [-0.4, -0.2) is 66.1 Å². The van der Waals surface area contributed by atoms with Gasteiger partial charge in [-0.15, -0.1) is 0 Å². The summed E-state index contributed by atoms with van der Waals surface area (Å²) in [4.78, 5) is 37.8. The van der Waals surface area contributed by atoms with E-state index in [2.05, 4.69) is 40.8 Å². The highest BCUT2D eigenvalue weighted by molar-refractivity contribution is 7.92. The third-order valence-electron chi connectivity index (χ3n) is 8.71. The number of sulfonamides is 1. The van der Waals surface area contributed by atoms with E-state index in [0.29, 0.717) is 37.8 Å². The van der Waals surface area contributed by atoms with E-state index in [4.69, 9.17) is 9.47 Å². The van der Waals surface area contributed by atoms with E-state index in [1.807, 2.05) is 50.8 Å². The molecule has 1 aromatic heterocycles. The first-order chi connectivity index (χ1) is 22.6. The van der Waals surface area contributed by atoms with Gasteiger partial charge in [-0.05, 0) is 94.5 Å². The Morgan fingerprint density at radius 1 is 1.04 bits per heavy atom. The van der Waals surface area contributed by atoms with Gasteiger partial charge in [0.1, 0.15) is 6.61 Å². The molecule has 1 saturated carbocycles. The molecule has 4 bridgehead atoms. The number of hydrogen-bond donors (Lipinski definition) is 2. The van der Waals surface area contributed by atoms with Crippen LogP contribution in [0, 0.1) is 19.3 Å². The number of fused-ring (bicyclic) bond motifs is 4. The van der Waals surface area contributed by atoms with E-state index in [1.54, 1.807) is 18.2 Å². The smallest absolute Gasteiger partial charge is 0.407 e. The molecule has 1 atom stereocenters. The van der Waals surface area contributed by atoms with Gasteiger partial charge < -0.3 is 19.7 Å². The minimum atomic E-state index is -4.17. The Hall–Kier alpha value is -4.19. The molecule has 2 amide bonds. The van der Waals surface area contributed by atoms with Crippen molar-refractivity contribution in [2.75, 3.05) is 11.3 Å². The average Bonchev–Trinajstić information content (AvgIpc) is 2.99. The molecule has 0 unspecified atom stereocenters. The first-order valence-corrected chi connectivity index (χ1v) is 18.1. The minimum absolute atomic E-state index is 0.0694. The van der Waals surface area contributed by atoms with E-state index in [9.17, 15) is 18.0 Å². The topological polar surface area (TPSA) is 140 Å². The van der Waals surface area contributed by atoms with Crippen LogP contribution in [0.5, 0.6) is 5.88 Å². The maximum atomic E-state index is 14.5. The molecule has 0 saturated heterocycles. The predicted octanol–water partition coefficient (Wildman–Crippen LogP) is 6.65. The molecule has 2 aromatic carbocycles. The highest BCUT2D eigenvalue weighted by atomic mass is 32.2. The van der Waals surface area contributed by atoms with Gasteiger partial charge in [-0.25, -0.2) is 22.9 Å². The van der Waals surface area contributed by atoms with Crippen molar-refractivity contribution in [3.05, 3.63) is 65.2 Å². The monoisotopic (exact) mass is 677 g/mol. The van der Waals surface area contributed by atoms with Crippen LogP contribution >= 0.6 is 0 Å². The molecule has 12 heteroatoms. The summed E-state index contributed by atoms with van der Waals surface area (Å²) in [5, 5.41) is 2.96. The Morgan fingerprint density at radius 3 is 2.35 bits per heavy atom. The number of nitrogens with zero attached hydrogens (tertiary/aromatic N) is 3. The SMILES string of the molecule is Cc1cccc(C)c1-c1cc2nc(n1)NS(=O)(=O)c1cccc(c1)C(=O)N([C@H]1CC[C@H](NC(=O)OC(C)C)CC1)[C@H](CC(C)(C)C)CO2. The number of anilines is 1. The maximum Gasteiger partial charge on any atom is 0.407 e. The molecule has 0 spiro atoms. The Kier molecular flexibility index (Phi) is 10.3. The Balaban J connectivity index is 1.57. The summed E-state index contributed by atoms with van der Waals surface area (Å²) in [7, 11) is -4.17. The molecule has 1 aliphatic heterocycles. The molecule has 2 N–H and O–H groups in total. The van der Waals surface area contributed by atoms with Crippen molar-refractivity contribution < 1.29 is 27.5 Å². The third-order valence-corrected chi connectivity index (χ3v) is 10.0. The Morgan fingerprint density at radius 2 is 1.71 bits per heavy atom. The summed E-state index contributed by atoms with van der Waals surface area (Å²) in [5.41, 5.74) is 3.43. The lowest BCUT2D eigenvalue weighted by Gasteiger charge is -2.43. The van der Waals surface area contributed by atoms with Gasteiger partial charge >= 0.3 is 6.09 Å². The van der Waals surface area contributed by atoms with Crippen LogP contribution in [0.4, 0.5) is 10.7 Å². The van der Waals surface area contributed by atoms with Gasteiger partial charge in [0.15, 0.2) is 0 Å². The van der Waals surface area contributed by atoms with Crippen LogP contribution in [0.15, 0.2) is 53.4 Å². The van der Waals surface area contributed by atoms with Gasteiger partial charge in [0.2, 0.25) is 11.8 Å². The zero-order valence-corrected chi connectivity index (χ0v) is 29.7. The molecule has 5 rings (SSSR count). The third kappa shape index (κ3) is 8.44. The van der Waals surface area contributed by atoms with Crippen molar-refractivity contribution >= 4 is 28.0 Å². The van der Waals surface area contributed by atoms with Crippen molar-refractivity contribution in [1.82, 2.24) is 20.2 Å². The standard InChI is InChI=1S/C36H47N5O6S/c1-22(2)47-35(43)37-26-14-16-27(17-15-26)41-28(20-36(5,6)7)21-46-31-19-30(32-23(3)10-8-11-24(32)4)38-34(39-31)40-48(44,45)29-13-9-12-25(18-29)33(41)42/h8-13,18-19,22,26-28H,14-17,20-21H2,1-7H3,(H,37,43)(H,38,39,40)/t26-,27-,28-/m1/s1. The van der Waals surface area contributed by atoms with E-state index in [1.165, 1.54) is 12.1 Å². The zero-order valence-electron chi connectivity index (χ0n) is 28.9. The molecule has 2 heterocycles. The molecule has 2 aliphatic rings. The van der Waals surface area contributed by atoms with E-state index >= 15 is 0 Å². The van der Waals surface area contributed by atoms with Crippen LogP contribution in [-0.2, 0) is 14.8 Å². The van der Waals surface area contributed by atoms with E-state index in [-0.39, 0.29) is 64.4 Å². The molecule has 11 nitrogen and oxygen atoms in total. The van der Waals surface area contributed by atoms with Crippen molar-refractivity contribution in [3.8, 4) is 17.1 Å². The fourth-order valence-electron chi connectivity index (χ4n) is 6.68. The molecule has 258 valence electrons. The van der Waals surface area contributed by atoms with Crippen LogP contribution in [0.1, 0.15) is 88.2 Å². The highest BCUT2D eigenvalue weighted by Crippen LogP contribution is 2.34. The number of alkyl carbamates (subject to hydrolysis) is 1. The zero-order chi connectivity index (χ0) is 34.8. The predicted molar refractivity (Wildman–Crippen MR) is 185 cm³/mol. The summed E-state index contributed by atoms with van der Waals surface area (Å²) < 4.78 is 41.6. The Bertz CT molecular complexity index is 1740. The van der Waals surface area contributed by atoms with Crippen molar-refractivity contribution in [1.29, 1.82) is 0 Å². The Labute approximate surface area is 283 Å². The number of benzene rings is 2. The summed E-state index contributed by atoms with van der Waals surface area (Å²) >= 11 is 0. The van der Waals surface area contributed by atoms with Gasteiger partial charge in [-0.3, -0.25) is 4.79 Å².